The molecule has 0 spiro atoms. The number of fused-ring (bicyclic) bond motifs is 3. The Balaban J connectivity index is 1.78. The molecule has 3 aromatic rings. The van der Waals surface area contributed by atoms with Gasteiger partial charge in [0.25, 0.3) is 0 Å². The van der Waals surface area contributed by atoms with E-state index in [2.05, 4.69) is 12.0 Å². The molecule has 6 heteroatoms. The number of thiophene rings is 1. The molecule has 0 saturated carbocycles. The molecule has 2 heterocycles. The number of hydrogen-bond donors (Lipinski definition) is 1. The molecular formula is C19H18N2O3S. The van der Waals surface area contributed by atoms with Crippen molar-refractivity contribution in [2.45, 2.75) is 26.7 Å². The van der Waals surface area contributed by atoms with Crippen LogP contribution < -0.4 is 4.74 Å². The minimum Gasteiger partial charge on any atom is -0.507 e. The van der Waals surface area contributed by atoms with E-state index in [0.717, 1.165) is 29.2 Å². The Morgan fingerprint density at radius 1 is 1.36 bits per heavy atom. The Hall–Kier alpha value is -2.60. The van der Waals surface area contributed by atoms with Crippen molar-refractivity contribution >= 4 is 17.1 Å². The minimum atomic E-state index is -0.173. The average Bonchev–Trinajstić information content (AvgIpc) is 3.08. The van der Waals surface area contributed by atoms with Crippen LogP contribution in [0, 0.1) is 6.92 Å². The molecule has 0 atom stereocenters. The number of Topliss-reactive ketones (excluding diaryl/α,β-unsaturated/α-hetero) is 1. The molecule has 0 bridgehead atoms. The summed E-state index contributed by atoms with van der Waals surface area (Å²) < 4.78 is 7.99. The summed E-state index contributed by atoms with van der Waals surface area (Å²) in [5.41, 5.74) is 5.03. The lowest BCUT2D eigenvalue weighted by Crippen LogP contribution is -2.05. The summed E-state index contributed by atoms with van der Waals surface area (Å²) in [6, 6.07) is 4.80. The molecular weight excluding hydrogens is 336 g/mol. The van der Waals surface area contributed by atoms with Gasteiger partial charge < -0.3 is 9.84 Å². The first-order valence-corrected chi connectivity index (χ1v) is 8.92. The number of aromatic hydroxyl groups is 1. The molecule has 0 fully saturated rings. The third kappa shape index (κ3) is 2.53. The highest BCUT2D eigenvalue weighted by molar-refractivity contribution is 7.14. The van der Waals surface area contributed by atoms with Crippen LogP contribution in [-0.4, -0.2) is 20.7 Å². The number of rotatable bonds is 3. The van der Waals surface area contributed by atoms with Gasteiger partial charge in [0.1, 0.15) is 11.5 Å². The first kappa shape index (κ1) is 15.9. The van der Waals surface area contributed by atoms with Crippen LogP contribution >= 0.6 is 11.3 Å². The molecule has 0 aliphatic heterocycles. The van der Waals surface area contributed by atoms with Gasteiger partial charge in [-0.1, -0.05) is 0 Å². The second-order valence-corrected chi connectivity index (χ2v) is 7.47. The van der Waals surface area contributed by atoms with Crippen LogP contribution in [0.2, 0.25) is 0 Å². The zero-order valence-corrected chi connectivity index (χ0v) is 15.1. The van der Waals surface area contributed by atoms with E-state index in [1.165, 1.54) is 29.0 Å². The van der Waals surface area contributed by atoms with Gasteiger partial charge in [0.15, 0.2) is 10.8 Å². The number of benzene rings is 1. The second-order valence-electron chi connectivity index (χ2n) is 6.28. The highest BCUT2D eigenvalue weighted by atomic mass is 32.1. The molecule has 0 radical (unpaired) electrons. The van der Waals surface area contributed by atoms with Gasteiger partial charge in [-0.3, -0.25) is 9.48 Å². The molecule has 1 aliphatic carbocycles. The topological polar surface area (TPSA) is 64.3 Å². The summed E-state index contributed by atoms with van der Waals surface area (Å²) in [5.74, 6) is 0.280. The quantitative estimate of drug-likeness (QED) is 0.714. The fourth-order valence-electron chi connectivity index (χ4n) is 3.39. The van der Waals surface area contributed by atoms with Crippen LogP contribution in [0.3, 0.4) is 0 Å². The first-order valence-electron chi connectivity index (χ1n) is 8.11. The third-order valence-electron chi connectivity index (χ3n) is 4.63. The van der Waals surface area contributed by atoms with Gasteiger partial charge in [0.2, 0.25) is 0 Å². The largest absolute Gasteiger partial charge is 0.507 e. The van der Waals surface area contributed by atoms with Gasteiger partial charge in [-0.15, -0.1) is 11.3 Å². The molecule has 1 N–H and O–H groups in total. The van der Waals surface area contributed by atoms with Gasteiger partial charge in [-0.05, 0) is 49.9 Å². The second kappa shape index (κ2) is 5.74. The lowest BCUT2D eigenvalue weighted by molar-refractivity contribution is 0.101. The number of ketones is 1. The van der Waals surface area contributed by atoms with E-state index in [-0.39, 0.29) is 11.5 Å². The molecule has 1 aliphatic rings. The number of ether oxygens (including phenoxy) is 1. The van der Waals surface area contributed by atoms with Crippen LogP contribution in [0.25, 0.3) is 11.3 Å². The van der Waals surface area contributed by atoms with E-state index in [1.807, 2.05) is 17.9 Å². The van der Waals surface area contributed by atoms with Crippen LogP contribution in [0.15, 0.2) is 24.4 Å². The summed E-state index contributed by atoms with van der Waals surface area (Å²) >= 11 is 1.61. The van der Waals surface area contributed by atoms with Crippen molar-refractivity contribution in [2.75, 3.05) is 0 Å². The minimum absolute atomic E-state index is 0.0617. The Labute approximate surface area is 149 Å². The number of carbonyl (C=O) groups is 1. The molecule has 0 amide bonds. The van der Waals surface area contributed by atoms with Crippen molar-refractivity contribution < 1.29 is 14.6 Å². The molecule has 0 unspecified atom stereocenters. The Kier molecular flexibility index (Phi) is 3.65. The fourth-order valence-corrected chi connectivity index (χ4v) is 4.46. The standard InChI is InChI=1S/C19H18N2O3S/c1-10(22)14-7-5-13(8-16(14)23)24-19-17-15(11(2)25-19)6-4-12-9-20-21(3)18(12)17/h5,7-9,23H,4,6H2,1-3H3. The zero-order valence-electron chi connectivity index (χ0n) is 14.3. The highest BCUT2D eigenvalue weighted by Crippen LogP contribution is 2.48. The number of phenols is 1. The summed E-state index contributed by atoms with van der Waals surface area (Å²) in [5, 5.41) is 15.2. The number of aryl methyl sites for hydroxylation is 3. The Bertz CT molecular complexity index is 1000. The van der Waals surface area contributed by atoms with Crippen molar-refractivity contribution in [3.8, 4) is 27.8 Å². The predicted molar refractivity (Wildman–Crippen MR) is 96.9 cm³/mol. The van der Waals surface area contributed by atoms with E-state index in [9.17, 15) is 9.90 Å². The number of hydrogen-bond acceptors (Lipinski definition) is 5. The molecule has 5 nitrogen and oxygen atoms in total. The lowest BCUT2D eigenvalue weighted by Gasteiger charge is -2.16. The smallest absolute Gasteiger partial charge is 0.190 e. The number of phenolic OH excluding ortho intramolecular Hbond substituents is 1. The fraction of sp³-hybridized carbons (Fsp3) is 0.263. The number of carbonyl (C=O) groups excluding carboxylic acids is 1. The van der Waals surface area contributed by atoms with Gasteiger partial charge in [0, 0.05) is 18.0 Å². The number of nitrogens with zero attached hydrogens (tertiary/aromatic N) is 2. The van der Waals surface area contributed by atoms with Crippen molar-refractivity contribution in [1.82, 2.24) is 9.78 Å². The lowest BCUT2D eigenvalue weighted by atomic mass is 9.92. The van der Waals surface area contributed by atoms with Crippen LogP contribution in [0.1, 0.15) is 33.3 Å². The maximum atomic E-state index is 11.5. The Morgan fingerprint density at radius 2 is 2.16 bits per heavy atom. The first-order chi connectivity index (χ1) is 12.0. The normalized spacial score (nSPS) is 12.6. The molecule has 25 heavy (non-hydrogen) atoms. The monoisotopic (exact) mass is 354 g/mol. The maximum absolute atomic E-state index is 11.5. The maximum Gasteiger partial charge on any atom is 0.190 e. The highest BCUT2D eigenvalue weighted by Gasteiger charge is 2.28. The van der Waals surface area contributed by atoms with Crippen LogP contribution in [0.4, 0.5) is 0 Å². The summed E-state index contributed by atoms with van der Waals surface area (Å²) in [7, 11) is 1.94. The summed E-state index contributed by atoms with van der Waals surface area (Å²) in [6.07, 6.45) is 3.89. The van der Waals surface area contributed by atoms with Crippen molar-refractivity contribution in [1.29, 1.82) is 0 Å². The van der Waals surface area contributed by atoms with Crippen molar-refractivity contribution in [2.24, 2.45) is 7.05 Å². The zero-order chi connectivity index (χ0) is 17.7. The van der Waals surface area contributed by atoms with E-state index < -0.39 is 0 Å². The molecule has 4 rings (SSSR count). The van der Waals surface area contributed by atoms with Gasteiger partial charge in [-0.25, -0.2) is 0 Å². The summed E-state index contributed by atoms with van der Waals surface area (Å²) in [4.78, 5) is 12.7. The van der Waals surface area contributed by atoms with Crippen molar-refractivity contribution in [3.63, 3.8) is 0 Å². The van der Waals surface area contributed by atoms with Gasteiger partial charge in [0.05, 0.1) is 23.0 Å². The predicted octanol–water partition coefficient (Wildman–Crippen LogP) is 4.26. The van der Waals surface area contributed by atoms with E-state index >= 15 is 0 Å². The van der Waals surface area contributed by atoms with E-state index in [4.69, 9.17) is 4.74 Å². The third-order valence-corrected chi connectivity index (χ3v) is 5.66. The van der Waals surface area contributed by atoms with Gasteiger partial charge in [-0.2, -0.15) is 5.10 Å². The average molecular weight is 354 g/mol. The Morgan fingerprint density at radius 3 is 2.88 bits per heavy atom. The number of aromatic nitrogens is 2. The van der Waals surface area contributed by atoms with Crippen LogP contribution in [-0.2, 0) is 19.9 Å². The molecule has 2 aromatic heterocycles. The molecule has 1 aromatic carbocycles. The molecule has 0 saturated heterocycles. The van der Waals surface area contributed by atoms with Crippen LogP contribution in [0.5, 0.6) is 16.6 Å². The SMILES string of the molecule is CC(=O)c1ccc(Oc2sc(C)c3c2-c2c(cnn2C)CC3)cc1O. The molecule has 128 valence electrons. The van der Waals surface area contributed by atoms with Crippen molar-refractivity contribution in [3.05, 3.63) is 46.0 Å². The van der Waals surface area contributed by atoms with E-state index in [0.29, 0.717) is 11.3 Å². The van der Waals surface area contributed by atoms with E-state index in [1.54, 1.807) is 23.5 Å². The summed E-state index contributed by atoms with van der Waals surface area (Å²) in [6.45, 7) is 3.53. The van der Waals surface area contributed by atoms with Gasteiger partial charge >= 0.3 is 0 Å².